The fraction of sp³-hybridized carbons (Fsp3) is 0.381. The normalized spacial score (nSPS) is 18.4. The lowest BCUT2D eigenvalue weighted by Crippen LogP contribution is -2.48. The van der Waals surface area contributed by atoms with Gasteiger partial charge in [0.1, 0.15) is 23.0 Å². The third-order valence-electron chi connectivity index (χ3n) is 5.61. The number of hydrogen-bond acceptors (Lipinski definition) is 6. The van der Waals surface area contributed by atoms with Gasteiger partial charge in [0.05, 0.1) is 24.9 Å². The minimum Gasteiger partial charge on any atom is -0.394 e. The van der Waals surface area contributed by atoms with E-state index in [0.29, 0.717) is 24.4 Å². The maximum Gasteiger partial charge on any atom is 0.257 e. The van der Waals surface area contributed by atoms with Gasteiger partial charge in [-0.3, -0.25) is 4.79 Å². The number of carbonyl (C=O) groups excluding carboxylic acids is 1. The monoisotopic (exact) mass is 430 g/mol. The van der Waals surface area contributed by atoms with E-state index in [-0.39, 0.29) is 23.8 Å². The number of hydrogen-bond donors (Lipinski definition) is 3. The Balaban J connectivity index is 1.67. The molecule has 1 aliphatic rings. The minimum absolute atomic E-state index is 0.230. The highest BCUT2D eigenvalue weighted by molar-refractivity contribution is 6.00. The van der Waals surface area contributed by atoms with E-state index in [1.54, 1.807) is 19.2 Å². The van der Waals surface area contributed by atoms with E-state index in [9.17, 15) is 18.7 Å². The first-order valence-electron chi connectivity index (χ1n) is 10.1. The lowest BCUT2D eigenvalue weighted by Gasteiger charge is -2.26. The Morgan fingerprint density at radius 3 is 2.94 bits per heavy atom. The highest BCUT2D eigenvalue weighted by atomic mass is 19.1. The van der Waals surface area contributed by atoms with E-state index in [4.69, 9.17) is 5.73 Å². The molecule has 0 aliphatic carbocycles. The quantitative estimate of drug-likeness (QED) is 0.550. The summed E-state index contributed by atoms with van der Waals surface area (Å²) in [6.45, 7) is 2.01. The van der Waals surface area contributed by atoms with Gasteiger partial charge >= 0.3 is 0 Å². The first-order chi connectivity index (χ1) is 14.9. The number of rotatable bonds is 6. The molecular formula is C21H24F2N6O2. The van der Waals surface area contributed by atoms with Gasteiger partial charge < -0.3 is 21.1 Å². The van der Waals surface area contributed by atoms with Crippen molar-refractivity contribution in [1.82, 2.24) is 19.9 Å². The van der Waals surface area contributed by atoms with Gasteiger partial charge in [-0.2, -0.15) is 5.10 Å². The molecule has 1 fully saturated rings. The van der Waals surface area contributed by atoms with Crippen LogP contribution in [0.2, 0.25) is 0 Å². The van der Waals surface area contributed by atoms with Gasteiger partial charge in [0.15, 0.2) is 5.65 Å². The molecule has 3 atom stereocenters. The third kappa shape index (κ3) is 4.08. The van der Waals surface area contributed by atoms with E-state index in [2.05, 4.69) is 15.4 Å². The molecule has 3 aromatic rings. The predicted molar refractivity (Wildman–Crippen MR) is 111 cm³/mol. The molecule has 1 unspecified atom stereocenters. The van der Waals surface area contributed by atoms with Crippen LogP contribution in [0.15, 0.2) is 36.7 Å². The second kappa shape index (κ2) is 8.56. The molecular weight excluding hydrogens is 406 g/mol. The number of carbonyl (C=O) groups is 1. The molecule has 0 bridgehead atoms. The Hall–Kier alpha value is -3.11. The van der Waals surface area contributed by atoms with Gasteiger partial charge in [-0.1, -0.05) is 0 Å². The van der Waals surface area contributed by atoms with Crippen LogP contribution in [0.5, 0.6) is 0 Å². The van der Waals surface area contributed by atoms with E-state index in [0.717, 1.165) is 18.6 Å². The zero-order chi connectivity index (χ0) is 22.1. The first-order valence-corrected chi connectivity index (χ1v) is 10.1. The number of nitrogens with one attached hydrogen (secondary N) is 1. The molecule has 1 aromatic carbocycles. The number of aromatic nitrogens is 3. The number of nitrogens with zero attached hydrogens (tertiary/aromatic N) is 4. The number of fused-ring (bicyclic) bond motifs is 1. The van der Waals surface area contributed by atoms with Crippen molar-refractivity contribution in [3.8, 4) is 0 Å². The third-order valence-corrected chi connectivity index (χ3v) is 5.61. The van der Waals surface area contributed by atoms with Gasteiger partial charge in [0, 0.05) is 24.3 Å². The second-order valence-corrected chi connectivity index (χ2v) is 7.75. The molecule has 0 saturated carbocycles. The number of amides is 1. The number of halogens is 2. The Kier molecular flexibility index (Phi) is 5.84. The lowest BCUT2D eigenvalue weighted by atomic mass is 10.0. The molecule has 1 saturated heterocycles. The lowest BCUT2D eigenvalue weighted by molar-refractivity contribution is 0.0909. The average Bonchev–Trinajstić information content (AvgIpc) is 3.40. The molecule has 4 N–H and O–H groups in total. The van der Waals surface area contributed by atoms with E-state index >= 15 is 0 Å². The summed E-state index contributed by atoms with van der Waals surface area (Å²) < 4.78 is 29.6. The van der Waals surface area contributed by atoms with Crippen LogP contribution in [-0.2, 0) is 0 Å². The van der Waals surface area contributed by atoms with Crippen molar-refractivity contribution in [3.63, 3.8) is 0 Å². The van der Waals surface area contributed by atoms with Crippen molar-refractivity contribution < 1.29 is 18.7 Å². The standard InChI is InChI=1S/C21H24F2N6O2/c1-12(24)17(11-30)26-21(31)15-10-25-29-8-6-19(27-20(15)29)28-7-2-3-18(28)14-9-13(22)4-5-16(14)23/h4-6,8-10,12,17-18,30H,2-3,7,11,24H2,1H3,(H,26,31)/t12-,17+,18?/m1/s1. The van der Waals surface area contributed by atoms with Crippen LogP contribution in [0.1, 0.15) is 41.7 Å². The number of benzene rings is 1. The van der Waals surface area contributed by atoms with Crippen molar-refractivity contribution in [2.75, 3.05) is 18.1 Å². The van der Waals surface area contributed by atoms with Crippen LogP contribution in [0.25, 0.3) is 5.65 Å². The molecule has 10 heteroatoms. The average molecular weight is 430 g/mol. The Morgan fingerprint density at radius 2 is 2.19 bits per heavy atom. The maximum atomic E-state index is 14.4. The van der Waals surface area contributed by atoms with Crippen LogP contribution >= 0.6 is 0 Å². The highest BCUT2D eigenvalue weighted by Crippen LogP contribution is 2.36. The highest BCUT2D eigenvalue weighted by Gasteiger charge is 2.30. The second-order valence-electron chi connectivity index (χ2n) is 7.75. The summed E-state index contributed by atoms with van der Waals surface area (Å²) in [7, 11) is 0. The molecule has 0 radical (unpaired) electrons. The van der Waals surface area contributed by atoms with Crippen molar-refractivity contribution in [3.05, 3.63) is 59.4 Å². The van der Waals surface area contributed by atoms with Gasteiger partial charge in [0.2, 0.25) is 0 Å². The summed E-state index contributed by atoms with van der Waals surface area (Å²) in [5, 5.41) is 16.3. The van der Waals surface area contributed by atoms with Crippen LogP contribution in [0.3, 0.4) is 0 Å². The number of anilines is 1. The van der Waals surface area contributed by atoms with Gasteiger partial charge in [0.25, 0.3) is 5.91 Å². The largest absolute Gasteiger partial charge is 0.394 e. The van der Waals surface area contributed by atoms with Crippen molar-refractivity contribution in [2.24, 2.45) is 5.73 Å². The van der Waals surface area contributed by atoms with Crippen LogP contribution in [0.4, 0.5) is 14.6 Å². The Morgan fingerprint density at radius 1 is 1.39 bits per heavy atom. The number of aliphatic hydroxyl groups excluding tert-OH is 1. The van der Waals surface area contributed by atoms with Crippen LogP contribution < -0.4 is 16.0 Å². The summed E-state index contributed by atoms with van der Waals surface area (Å²) in [5.74, 6) is -0.868. The Labute approximate surface area is 177 Å². The van der Waals surface area contributed by atoms with Crippen molar-refractivity contribution in [1.29, 1.82) is 0 Å². The smallest absolute Gasteiger partial charge is 0.257 e. The molecule has 164 valence electrons. The van der Waals surface area contributed by atoms with Gasteiger partial charge in [-0.15, -0.1) is 0 Å². The molecule has 1 aliphatic heterocycles. The summed E-state index contributed by atoms with van der Waals surface area (Å²) >= 11 is 0. The number of aliphatic hydroxyl groups is 1. The summed E-state index contributed by atoms with van der Waals surface area (Å²) in [6, 6.07) is 3.78. The zero-order valence-electron chi connectivity index (χ0n) is 17.0. The van der Waals surface area contributed by atoms with E-state index in [1.807, 2.05) is 4.90 Å². The first kappa shape index (κ1) is 21.1. The molecule has 1 amide bonds. The van der Waals surface area contributed by atoms with Gasteiger partial charge in [-0.05, 0) is 44.0 Å². The fourth-order valence-electron chi connectivity index (χ4n) is 3.90. The summed E-state index contributed by atoms with van der Waals surface area (Å²) in [4.78, 5) is 19.2. The molecule has 3 heterocycles. The van der Waals surface area contributed by atoms with E-state index < -0.39 is 29.6 Å². The molecule has 0 spiro atoms. The summed E-state index contributed by atoms with van der Waals surface area (Å²) in [6.07, 6.45) is 4.52. The molecule has 31 heavy (non-hydrogen) atoms. The minimum atomic E-state index is -0.607. The molecule has 8 nitrogen and oxygen atoms in total. The van der Waals surface area contributed by atoms with Crippen LogP contribution in [0, 0.1) is 11.6 Å². The Bertz CT molecular complexity index is 1100. The fourth-order valence-corrected chi connectivity index (χ4v) is 3.90. The molecule has 4 rings (SSSR count). The van der Waals surface area contributed by atoms with E-state index in [1.165, 1.54) is 16.8 Å². The van der Waals surface area contributed by atoms with Gasteiger partial charge in [-0.25, -0.2) is 18.3 Å². The SMILES string of the molecule is C[C@@H](N)[C@H](CO)NC(=O)c1cnn2ccc(N3CCCC3c3cc(F)ccc3F)nc12. The van der Waals surface area contributed by atoms with Crippen molar-refractivity contribution >= 4 is 17.4 Å². The van der Waals surface area contributed by atoms with Crippen molar-refractivity contribution in [2.45, 2.75) is 37.9 Å². The zero-order valence-corrected chi connectivity index (χ0v) is 17.0. The number of nitrogens with two attached hydrogens (primary N) is 1. The molecule has 2 aromatic heterocycles. The summed E-state index contributed by atoms with van der Waals surface area (Å²) in [5.41, 5.74) is 6.62. The predicted octanol–water partition coefficient (Wildman–Crippen LogP) is 1.79. The topological polar surface area (TPSA) is 109 Å². The maximum absolute atomic E-state index is 14.4. The van der Waals surface area contributed by atoms with Crippen LogP contribution in [-0.4, -0.2) is 50.8 Å².